The predicted molar refractivity (Wildman–Crippen MR) is 82.9 cm³/mol. The minimum absolute atomic E-state index is 0.144. The van der Waals surface area contributed by atoms with Crippen molar-refractivity contribution in [2.75, 3.05) is 6.61 Å². The minimum atomic E-state index is 0.144. The molecule has 2 nitrogen and oxygen atoms in total. The van der Waals surface area contributed by atoms with Gasteiger partial charge in [0.2, 0.25) is 5.90 Å². The first-order valence-electron chi connectivity index (χ1n) is 6.42. The normalized spacial score (nSPS) is 17.7. The Bertz CT molecular complexity index is 620. The molecular formula is C16H13Cl2NO. The van der Waals surface area contributed by atoms with Gasteiger partial charge in [-0.1, -0.05) is 53.5 Å². The van der Waals surface area contributed by atoms with Crippen molar-refractivity contribution in [2.45, 2.75) is 12.5 Å². The monoisotopic (exact) mass is 305 g/mol. The molecule has 3 rings (SSSR count). The number of hydrogen-bond acceptors (Lipinski definition) is 2. The summed E-state index contributed by atoms with van der Waals surface area (Å²) in [4.78, 5) is 4.61. The smallest absolute Gasteiger partial charge is 0.216 e. The van der Waals surface area contributed by atoms with Crippen molar-refractivity contribution < 1.29 is 4.74 Å². The molecule has 0 fully saturated rings. The van der Waals surface area contributed by atoms with Crippen LogP contribution in [0.1, 0.15) is 11.1 Å². The average Bonchev–Trinajstić information content (AvgIpc) is 2.87. The van der Waals surface area contributed by atoms with Gasteiger partial charge in [-0.3, -0.25) is 0 Å². The molecule has 1 aliphatic rings. The van der Waals surface area contributed by atoms with Crippen LogP contribution in [-0.4, -0.2) is 18.5 Å². The second kappa shape index (κ2) is 5.86. The number of ether oxygens (including phenoxy) is 1. The van der Waals surface area contributed by atoms with E-state index in [0.29, 0.717) is 22.5 Å². The average molecular weight is 306 g/mol. The Kier molecular flexibility index (Phi) is 3.95. The summed E-state index contributed by atoms with van der Waals surface area (Å²) in [6.07, 6.45) is 0.874. The molecule has 2 aromatic carbocycles. The highest BCUT2D eigenvalue weighted by Crippen LogP contribution is 2.22. The Morgan fingerprint density at radius 1 is 1.05 bits per heavy atom. The van der Waals surface area contributed by atoms with Gasteiger partial charge in [0.15, 0.2) is 0 Å². The largest absolute Gasteiger partial charge is 0.475 e. The molecule has 0 saturated carbocycles. The van der Waals surface area contributed by atoms with Crippen LogP contribution >= 0.6 is 23.2 Å². The van der Waals surface area contributed by atoms with Crippen molar-refractivity contribution in [3.05, 3.63) is 69.7 Å². The first-order chi connectivity index (χ1) is 9.70. The van der Waals surface area contributed by atoms with Gasteiger partial charge in [-0.25, -0.2) is 4.99 Å². The predicted octanol–water partition coefficient (Wildman–Crippen LogP) is 4.38. The lowest BCUT2D eigenvalue weighted by molar-refractivity contribution is 0.317. The second-order valence-electron chi connectivity index (χ2n) is 4.75. The van der Waals surface area contributed by atoms with E-state index in [4.69, 9.17) is 27.9 Å². The van der Waals surface area contributed by atoms with E-state index in [9.17, 15) is 0 Å². The fourth-order valence-electron chi connectivity index (χ4n) is 2.24. The molecule has 0 radical (unpaired) electrons. The fraction of sp³-hybridized carbons (Fsp3) is 0.188. The van der Waals surface area contributed by atoms with Crippen molar-refractivity contribution in [3.63, 3.8) is 0 Å². The summed E-state index contributed by atoms with van der Waals surface area (Å²) in [5.41, 5.74) is 2.09. The number of aliphatic imine (C=N–C) groups is 1. The highest BCUT2D eigenvalue weighted by atomic mass is 35.5. The van der Waals surface area contributed by atoms with Gasteiger partial charge in [0.05, 0.1) is 6.04 Å². The van der Waals surface area contributed by atoms with Gasteiger partial charge >= 0.3 is 0 Å². The van der Waals surface area contributed by atoms with Crippen LogP contribution in [0, 0.1) is 0 Å². The molecule has 102 valence electrons. The molecule has 0 amide bonds. The lowest BCUT2D eigenvalue weighted by Crippen LogP contribution is -2.09. The zero-order valence-corrected chi connectivity index (χ0v) is 12.2. The Labute approximate surface area is 128 Å². The molecule has 20 heavy (non-hydrogen) atoms. The van der Waals surface area contributed by atoms with Gasteiger partial charge in [0.25, 0.3) is 0 Å². The number of benzene rings is 2. The van der Waals surface area contributed by atoms with Gasteiger partial charge in [-0.05, 0) is 30.2 Å². The van der Waals surface area contributed by atoms with Crippen molar-refractivity contribution in [1.82, 2.24) is 0 Å². The van der Waals surface area contributed by atoms with E-state index in [1.165, 1.54) is 5.56 Å². The quantitative estimate of drug-likeness (QED) is 0.824. The molecule has 4 heteroatoms. The molecule has 1 heterocycles. The lowest BCUT2D eigenvalue weighted by Gasteiger charge is -2.04. The van der Waals surface area contributed by atoms with Crippen molar-refractivity contribution in [2.24, 2.45) is 4.99 Å². The number of rotatable bonds is 3. The molecule has 2 aromatic rings. The van der Waals surface area contributed by atoms with Gasteiger partial charge < -0.3 is 4.74 Å². The summed E-state index contributed by atoms with van der Waals surface area (Å²) < 4.78 is 5.67. The van der Waals surface area contributed by atoms with Crippen molar-refractivity contribution in [3.8, 4) is 0 Å². The second-order valence-corrected chi connectivity index (χ2v) is 5.62. The Balaban J connectivity index is 1.77. The number of hydrogen-bond donors (Lipinski definition) is 0. The van der Waals surface area contributed by atoms with E-state index in [-0.39, 0.29) is 6.04 Å². The van der Waals surface area contributed by atoms with E-state index in [0.717, 1.165) is 12.0 Å². The van der Waals surface area contributed by atoms with Crippen molar-refractivity contribution in [1.29, 1.82) is 0 Å². The van der Waals surface area contributed by atoms with Crippen LogP contribution in [0.4, 0.5) is 0 Å². The first kappa shape index (κ1) is 13.5. The third-order valence-electron chi connectivity index (χ3n) is 3.14. The van der Waals surface area contributed by atoms with Crippen molar-refractivity contribution >= 4 is 29.1 Å². The number of halogens is 2. The van der Waals surface area contributed by atoms with Gasteiger partial charge in [0, 0.05) is 15.6 Å². The maximum Gasteiger partial charge on any atom is 0.216 e. The zero-order chi connectivity index (χ0) is 13.9. The Hall–Kier alpha value is -1.51. The Morgan fingerprint density at radius 3 is 2.45 bits per heavy atom. The van der Waals surface area contributed by atoms with Crippen LogP contribution in [0.5, 0.6) is 0 Å². The third-order valence-corrected chi connectivity index (χ3v) is 3.57. The fourth-order valence-corrected chi connectivity index (χ4v) is 2.77. The highest BCUT2D eigenvalue weighted by molar-refractivity contribution is 6.35. The van der Waals surface area contributed by atoms with Crippen LogP contribution in [0.3, 0.4) is 0 Å². The number of nitrogens with zero attached hydrogens (tertiary/aromatic N) is 1. The highest BCUT2D eigenvalue weighted by Gasteiger charge is 2.20. The topological polar surface area (TPSA) is 21.6 Å². The van der Waals surface area contributed by atoms with Crippen LogP contribution < -0.4 is 0 Å². The SMILES string of the molecule is Clc1cc(Cl)cc(C2=N[C@H](Cc3ccccc3)CO2)c1. The van der Waals surface area contributed by atoms with E-state index in [2.05, 4.69) is 17.1 Å². The molecule has 0 spiro atoms. The van der Waals surface area contributed by atoms with Gasteiger partial charge in [-0.2, -0.15) is 0 Å². The maximum absolute atomic E-state index is 6.00. The van der Waals surface area contributed by atoms with E-state index in [1.807, 2.05) is 30.3 Å². The molecule has 1 atom stereocenters. The molecule has 0 aliphatic carbocycles. The summed E-state index contributed by atoms with van der Waals surface area (Å²) in [6, 6.07) is 15.8. The Morgan fingerprint density at radius 2 is 1.75 bits per heavy atom. The zero-order valence-electron chi connectivity index (χ0n) is 10.7. The van der Waals surface area contributed by atoms with Crippen LogP contribution in [-0.2, 0) is 11.2 Å². The third kappa shape index (κ3) is 3.14. The standard InChI is InChI=1S/C16H13Cl2NO/c17-13-7-12(8-14(18)9-13)16-19-15(10-20-16)6-11-4-2-1-3-5-11/h1-5,7-9,15H,6,10H2/t15-/m1/s1. The van der Waals surface area contributed by atoms with Gasteiger partial charge in [0.1, 0.15) is 6.61 Å². The van der Waals surface area contributed by atoms with Crippen LogP contribution in [0.15, 0.2) is 53.5 Å². The molecule has 0 bridgehead atoms. The lowest BCUT2D eigenvalue weighted by atomic mass is 10.1. The van der Waals surface area contributed by atoms with Crippen LogP contribution in [0.25, 0.3) is 0 Å². The summed E-state index contributed by atoms with van der Waals surface area (Å²) in [5, 5.41) is 1.18. The minimum Gasteiger partial charge on any atom is -0.475 e. The maximum atomic E-state index is 6.00. The molecular weight excluding hydrogens is 293 g/mol. The molecule has 0 saturated heterocycles. The summed E-state index contributed by atoms with van der Waals surface area (Å²) in [5.74, 6) is 0.621. The summed E-state index contributed by atoms with van der Waals surface area (Å²) in [7, 11) is 0. The molecule has 0 aromatic heterocycles. The van der Waals surface area contributed by atoms with E-state index >= 15 is 0 Å². The van der Waals surface area contributed by atoms with E-state index < -0.39 is 0 Å². The van der Waals surface area contributed by atoms with Gasteiger partial charge in [-0.15, -0.1) is 0 Å². The summed E-state index contributed by atoms with van der Waals surface area (Å²) in [6.45, 7) is 0.592. The molecule has 0 unspecified atom stereocenters. The van der Waals surface area contributed by atoms with E-state index in [1.54, 1.807) is 6.07 Å². The van der Waals surface area contributed by atoms with Crippen LogP contribution in [0.2, 0.25) is 10.0 Å². The summed E-state index contributed by atoms with van der Waals surface area (Å²) >= 11 is 12.0. The molecule has 0 N–H and O–H groups in total. The molecule has 1 aliphatic heterocycles. The first-order valence-corrected chi connectivity index (χ1v) is 7.17.